The molecule has 1 heterocycles. The van der Waals surface area contributed by atoms with Gasteiger partial charge in [-0.25, -0.2) is 4.39 Å². The van der Waals surface area contributed by atoms with Gasteiger partial charge in [-0.05, 0) is 40.8 Å². The van der Waals surface area contributed by atoms with Gasteiger partial charge in [-0.15, -0.1) is 6.58 Å². The zero-order valence-corrected chi connectivity index (χ0v) is 10.8. The first-order valence-electron chi connectivity index (χ1n) is 5.00. The molecule has 0 radical (unpaired) electrons. The lowest BCUT2D eigenvalue weighted by Crippen LogP contribution is -2.25. The fourth-order valence-electron chi connectivity index (χ4n) is 1.83. The van der Waals surface area contributed by atoms with Gasteiger partial charge in [0.1, 0.15) is 5.82 Å². The highest BCUT2D eigenvalue weighted by molar-refractivity contribution is 14.1. The quantitative estimate of drug-likeness (QED) is 0.603. The van der Waals surface area contributed by atoms with Gasteiger partial charge in [0.05, 0.1) is 5.69 Å². The molecule has 84 valence electrons. The first-order valence-corrected chi connectivity index (χ1v) is 6.07. The molecule has 1 aliphatic rings. The average Bonchev–Trinajstić information content (AvgIpc) is 2.60. The van der Waals surface area contributed by atoms with Crippen molar-refractivity contribution >= 4 is 34.2 Å². The number of carbonyl (C=O) groups excluding carboxylic acids is 1. The van der Waals surface area contributed by atoms with Gasteiger partial charge in [-0.3, -0.25) is 4.79 Å². The van der Waals surface area contributed by atoms with Crippen molar-refractivity contribution in [2.45, 2.75) is 6.42 Å². The topological polar surface area (TPSA) is 20.3 Å². The fourth-order valence-corrected chi connectivity index (χ4v) is 2.59. The van der Waals surface area contributed by atoms with Crippen LogP contribution >= 0.6 is 22.6 Å². The second kappa shape index (κ2) is 4.53. The molecule has 1 aliphatic heterocycles. The molecule has 0 saturated carbocycles. The number of nitrogens with zero attached hydrogens (tertiary/aromatic N) is 1. The molecular formula is C12H11FINO. The minimum absolute atomic E-state index is 0.0782. The monoisotopic (exact) mass is 331 g/mol. The summed E-state index contributed by atoms with van der Waals surface area (Å²) in [6.45, 7) is 4.34. The smallest absolute Gasteiger partial charge is 0.227 e. The van der Waals surface area contributed by atoms with Crippen molar-refractivity contribution in [3.05, 3.63) is 40.2 Å². The van der Waals surface area contributed by atoms with Crippen molar-refractivity contribution < 1.29 is 9.18 Å². The zero-order chi connectivity index (χ0) is 11.7. The molecule has 0 spiro atoms. The Morgan fingerprint density at radius 1 is 1.56 bits per heavy atom. The van der Waals surface area contributed by atoms with E-state index in [2.05, 4.69) is 6.58 Å². The van der Waals surface area contributed by atoms with Crippen molar-refractivity contribution in [1.29, 1.82) is 0 Å². The number of rotatable bonds is 2. The van der Waals surface area contributed by atoms with Crippen LogP contribution < -0.4 is 4.90 Å². The number of hydrogen-bond acceptors (Lipinski definition) is 1. The van der Waals surface area contributed by atoms with Gasteiger partial charge >= 0.3 is 0 Å². The van der Waals surface area contributed by atoms with Crippen molar-refractivity contribution in [2.75, 3.05) is 11.4 Å². The summed E-state index contributed by atoms with van der Waals surface area (Å²) in [5.74, 6) is 0.00263. The molecule has 1 aromatic rings. The van der Waals surface area contributed by atoms with Gasteiger partial charge in [-0.1, -0.05) is 6.08 Å². The fraction of sp³-hybridized carbons (Fsp3) is 0.250. The number of hydrogen-bond donors (Lipinski definition) is 0. The van der Waals surface area contributed by atoms with E-state index in [0.29, 0.717) is 13.0 Å². The molecule has 0 aromatic heterocycles. The first kappa shape index (κ1) is 11.6. The van der Waals surface area contributed by atoms with Crippen molar-refractivity contribution in [3.63, 3.8) is 0 Å². The van der Waals surface area contributed by atoms with E-state index in [1.807, 2.05) is 22.6 Å². The predicted molar refractivity (Wildman–Crippen MR) is 69.8 cm³/mol. The molecule has 1 unspecified atom stereocenters. The highest BCUT2D eigenvalue weighted by Gasteiger charge is 2.29. The van der Waals surface area contributed by atoms with Crippen LogP contribution in [0, 0.1) is 15.3 Å². The summed E-state index contributed by atoms with van der Waals surface area (Å²) >= 11 is 2.05. The minimum Gasteiger partial charge on any atom is -0.311 e. The number of anilines is 1. The Morgan fingerprint density at radius 3 is 2.88 bits per heavy atom. The maximum Gasteiger partial charge on any atom is 0.227 e. The van der Waals surface area contributed by atoms with Crippen molar-refractivity contribution in [2.24, 2.45) is 5.92 Å². The number of benzene rings is 1. The molecule has 2 nitrogen and oxygen atoms in total. The summed E-state index contributed by atoms with van der Waals surface area (Å²) in [4.78, 5) is 13.5. The van der Waals surface area contributed by atoms with Gasteiger partial charge in [0.2, 0.25) is 5.91 Å². The molecule has 1 fully saturated rings. The maximum absolute atomic E-state index is 13.0. The van der Waals surface area contributed by atoms with Crippen LogP contribution in [-0.2, 0) is 4.79 Å². The Balaban J connectivity index is 2.31. The second-order valence-electron chi connectivity index (χ2n) is 3.80. The second-order valence-corrected chi connectivity index (χ2v) is 4.96. The summed E-state index contributed by atoms with van der Waals surface area (Å²) in [5, 5.41) is 0. The van der Waals surface area contributed by atoms with Gasteiger partial charge in [0.25, 0.3) is 0 Å². The van der Waals surface area contributed by atoms with E-state index >= 15 is 0 Å². The van der Waals surface area contributed by atoms with E-state index in [4.69, 9.17) is 0 Å². The Kier molecular flexibility index (Phi) is 3.28. The van der Waals surface area contributed by atoms with Gasteiger partial charge in [0, 0.05) is 22.5 Å². The number of amides is 1. The molecule has 2 rings (SSSR count). The molecule has 16 heavy (non-hydrogen) atoms. The van der Waals surface area contributed by atoms with Crippen LogP contribution in [0.4, 0.5) is 10.1 Å². The van der Waals surface area contributed by atoms with Crippen LogP contribution in [0.5, 0.6) is 0 Å². The highest BCUT2D eigenvalue weighted by Crippen LogP contribution is 2.29. The molecule has 1 aromatic carbocycles. The van der Waals surface area contributed by atoms with E-state index in [1.165, 1.54) is 12.1 Å². The summed E-state index contributed by atoms with van der Waals surface area (Å²) < 4.78 is 13.7. The minimum atomic E-state index is -0.278. The van der Waals surface area contributed by atoms with Gasteiger partial charge in [-0.2, -0.15) is 0 Å². The molecule has 0 aliphatic carbocycles. The predicted octanol–water partition coefficient (Wildman–Crippen LogP) is 2.97. The maximum atomic E-state index is 13.0. The normalized spacial score (nSPS) is 20.2. The van der Waals surface area contributed by atoms with Crippen LogP contribution in [0.15, 0.2) is 30.9 Å². The van der Waals surface area contributed by atoms with Gasteiger partial charge in [0.15, 0.2) is 0 Å². The summed E-state index contributed by atoms with van der Waals surface area (Å²) in [6.07, 6.45) is 2.30. The van der Waals surface area contributed by atoms with Crippen LogP contribution in [-0.4, -0.2) is 12.5 Å². The molecule has 1 amide bonds. The lowest BCUT2D eigenvalue weighted by molar-refractivity contribution is -0.117. The van der Waals surface area contributed by atoms with E-state index in [9.17, 15) is 9.18 Å². The Bertz CT molecular complexity index is 447. The van der Waals surface area contributed by atoms with Crippen molar-refractivity contribution in [3.8, 4) is 0 Å². The first-order chi connectivity index (χ1) is 7.61. The SMILES string of the molecule is C=CC1CC(=O)N(c2ccc(F)cc2I)C1. The summed E-state index contributed by atoms with van der Waals surface area (Å²) in [7, 11) is 0. The average molecular weight is 331 g/mol. The standard InChI is InChI=1S/C12H11FINO/c1-2-8-5-12(16)15(7-8)11-4-3-9(13)6-10(11)14/h2-4,6,8H,1,5,7H2. The van der Waals surface area contributed by atoms with Gasteiger partial charge < -0.3 is 4.90 Å². The van der Waals surface area contributed by atoms with Crippen LogP contribution in [0.2, 0.25) is 0 Å². The third-order valence-electron chi connectivity index (χ3n) is 2.69. The Labute approximate surface area is 107 Å². The molecule has 0 bridgehead atoms. The zero-order valence-electron chi connectivity index (χ0n) is 8.62. The number of halogens is 2. The van der Waals surface area contributed by atoms with E-state index in [-0.39, 0.29) is 17.6 Å². The van der Waals surface area contributed by atoms with E-state index < -0.39 is 0 Å². The Morgan fingerprint density at radius 2 is 2.31 bits per heavy atom. The Hall–Kier alpha value is -0.910. The van der Waals surface area contributed by atoms with Crippen LogP contribution in [0.1, 0.15) is 6.42 Å². The summed E-state index contributed by atoms with van der Waals surface area (Å²) in [6, 6.07) is 4.47. The van der Waals surface area contributed by atoms with Crippen LogP contribution in [0.25, 0.3) is 0 Å². The third-order valence-corrected chi connectivity index (χ3v) is 3.55. The molecule has 1 atom stereocenters. The lowest BCUT2D eigenvalue weighted by Gasteiger charge is -2.17. The highest BCUT2D eigenvalue weighted by atomic mass is 127. The molecule has 4 heteroatoms. The molecule has 1 saturated heterocycles. The lowest BCUT2D eigenvalue weighted by atomic mass is 10.1. The van der Waals surface area contributed by atoms with Crippen LogP contribution in [0.3, 0.4) is 0 Å². The number of carbonyl (C=O) groups is 1. The van der Waals surface area contributed by atoms with E-state index in [1.54, 1.807) is 17.0 Å². The van der Waals surface area contributed by atoms with E-state index in [0.717, 1.165) is 9.26 Å². The third kappa shape index (κ3) is 2.11. The summed E-state index contributed by atoms with van der Waals surface area (Å²) in [5.41, 5.74) is 0.788. The van der Waals surface area contributed by atoms with Crippen molar-refractivity contribution in [1.82, 2.24) is 0 Å². The molecular weight excluding hydrogens is 320 g/mol. The molecule has 0 N–H and O–H groups in total. The largest absolute Gasteiger partial charge is 0.311 e.